The largest absolute Gasteiger partial charge is 0.229 e. The Labute approximate surface area is 69.5 Å². The summed E-state index contributed by atoms with van der Waals surface area (Å²) in [6.45, 7) is 10.2. The van der Waals surface area contributed by atoms with Crippen molar-refractivity contribution in [3.63, 3.8) is 0 Å². The van der Waals surface area contributed by atoms with Crippen LogP contribution in [-0.2, 0) is 0 Å². The van der Waals surface area contributed by atoms with E-state index in [1.54, 1.807) is 11.9 Å². The highest BCUT2D eigenvalue weighted by molar-refractivity contribution is 7.99. The highest BCUT2D eigenvalue weighted by Crippen LogP contribution is 2.18. The number of hydrogen-bond acceptors (Lipinski definition) is 2. The standard InChI is InChI=1S/C4H7NS.2C2H6/c1-4-2-3-5-6-4;2*1-2/h3-4H,2H2,1H3;2*1-2H3. The molecule has 1 heterocycles. The van der Waals surface area contributed by atoms with E-state index in [1.807, 2.05) is 33.9 Å². The minimum absolute atomic E-state index is 0.741. The highest BCUT2D eigenvalue weighted by atomic mass is 32.2. The van der Waals surface area contributed by atoms with Crippen molar-refractivity contribution in [1.29, 1.82) is 0 Å². The molecule has 10 heavy (non-hydrogen) atoms. The zero-order valence-electron chi connectivity index (χ0n) is 7.72. The van der Waals surface area contributed by atoms with Gasteiger partial charge in [0.05, 0.1) is 0 Å². The van der Waals surface area contributed by atoms with Crippen LogP contribution in [0.3, 0.4) is 0 Å². The van der Waals surface area contributed by atoms with Gasteiger partial charge in [0, 0.05) is 11.5 Å². The molecule has 0 aromatic heterocycles. The molecule has 1 aliphatic rings. The average molecular weight is 161 g/mol. The van der Waals surface area contributed by atoms with E-state index in [0.717, 1.165) is 11.7 Å². The van der Waals surface area contributed by atoms with Crippen LogP contribution in [0.2, 0.25) is 0 Å². The van der Waals surface area contributed by atoms with Crippen LogP contribution in [0.4, 0.5) is 0 Å². The lowest BCUT2D eigenvalue weighted by atomic mass is 10.4. The van der Waals surface area contributed by atoms with E-state index in [9.17, 15) is 0 Å². The topological polar surface area (TPSA) is 12.4 Å². The van der Waals surface area contributed by atoms with Gasteiger partial charge in [-0.25, -0.2) is 4.40 Å². The molecule has 62 valence electrons. The van der Waals surface area contributed by atoms with Crippen molar-refractivity contribution in [3.8, 4) is 0 Å². The van der Waals surface area contributed by atoms with Gasteiger partial charge in [-0.2, -0.15) is 0 Å². The fraction of sp³-hybridized carbons (Fsp3) is 0.875. The van der Waals surface area contributed by atoms with Gasteiger partial charge in [-0.3, -0.25) is 0 Å². The zero-order valence-corrected chi connectivity index (χ0v) is 8.53. The third-order valence-electron chi connectivity index (χ3n) is 0.753. The van der Waals surface area contributed by atoms with Crippen LogP contribution in [0, 0.1) is 0 Å². The van der Waals surface area contributed by atoms with Crippen molar-refractivity contribution < 1.29 is 0 Å². The highest BCUT2D eigenvalue weighted by Gasteiger charge is 2.02. The molecule has 0 aromatic carbocycles. The van der Waals surface area contributed by atoms with Crippen LogP contribution in [0.25, 0.3) is 0 Å². The van der Waals surface area contributed by atoms with Crippen molar-refractivity contribution in [3.05, 3.63) is 0 Å². The molecule has 2 heteroatoms. The summed E-state index contributed by atoms with van der Waals surface area (Å²) in [6, 6.07) is 0. The first kappa shape index (κ1) is 12.7. The first-order valence-electron chi connectivity index (χ1n) is 4.07. The molecule has 0 saturated carbocycles. The van der Waals surface area contributed by atoms with Crippen molar-refractivity contribution in [1.82, 2.24) is 0 Å². The predicted molar refractivity (Wildman–Crippen MR) is 52.9 cm³/mol. The Morgan fingerprint density at radius 3 is 1.90 bits per heavy atom. The number of rotatable bonds is 0. The molecule has 0 saturated heterocycles. The van der Waals surface area contributed by atoms with Gasteiger partial charge in [0.1, 0.15) is 0 Å². The molecule has 1 nitrogen and oxygen atoms in total. The molecule has 1 aliphatic heterocycles. The minimum Gasteiger partial charge on any atom is -0.229 e. The van der Waals surface area contributed by atoms with Gasteiger partial charge in [-0.1, -0.05) is 34.6 Å². The van der Waals surface area contributed by atoms with Gasteiger partial charge < -0.3 is 0 Å². The Hall–Kier alpha value is 0.0200. The smallest absolute Gasteiger partial charge is 0.0288 e. The first-order chi connectivity index (χ1) is 4.89. The molecule has 0 aromatic rings. The third kappa shape index (κ3) is 8.02. The maximum Gasteiger partial charge on any atom is 0.0288 e. The van der Waals surface area contributed by atoms with E-state index >= 15 is 0 Å². The summed E-state index contributed by atoms with van der Waals surface area (Å²) in [6.07, 6.45) is 3.12. The maximum atomic E-state index is 3.96. The van der Waals surface area contributed by atoms with Gasteiger partial charge in [0.15, 0.2) is 0 Å². The predicted octanol–water partition coefficient (Wildman–Crippen LogP) is 3.55. The van der Waals surface area contributed by atoms with Gasteiger partial charge in [0.25, 0.3) is 0 Å². The van der Waals surface area contributed by atoms with Crippen molar-refractivity contribution in [2.75, 3.05) is 0 Å². The summed E-state index contributed by atoms with van der Waals surface area (Å²) in [7, 11) is 0. The lowest BCUT2D eigenvalue weighted by molar-refractivity contribution is 1.05. The molecular formula is C8H19NS. The molecular weight excluding hydrogens is 142 g/mol. The molecule has 0 radical (unpaired) electrons. The number of hydrogen-bond donors (Lipinski definition) is 0. The molecule has 0 N–H and O–H groups in total. The summed E-state index contributed by atoms with van der Waals surface area (Å²) >= 11 is 1.67. The Bertz CT molecular complexity index is 63.7. The van der Waals surface area contributed by atoms with Gasteiger partial charge >= 0.3 is 0 Å². The van der Waals surface area contributed by atoms with E-state index in [4.69, 9.17) is 0 Å². The summed E-state index contributed by atoms with van der Waals surface area (Å²) in [4.78, 5) is 0. The molecule has 1 unspecified atom stereocenters. The first-order valence-corrected chi connectivity index (χ1v) is 4.91. The summed E-state index contributed by atoms with van der Waals surface area (Å²) in [5, 5.41) is 0.741. The minimum atomic E-state index is 0.741. The van der Waals surface area contributed by atoms with Crippen LogP contribution in [-0.4, -0.2) is 11.5 Å². The maximum absolute atomic E-state index is 3.96. The van der Waals surface area contributed by atoms with Crippen molar-refractivity contribution >= 4 is 18.2 Å². The number of nitrogens with zero attached hydrogens (tertiary/aromatic N) is 1. The van der Waals surface area contributed by atoms with E-state index in [1.165, 1.54) is 0 Å². The van der Waals surface area contributed by atoms with E-state index in [0.29, 0.717) is 0 Å². The second kappa shape index (κ2) is 11.8. The fourth-order valence-electron chi connectivity index (χ4n) is 0.381. The lowest BCUT2D eigenvalue weighted by Gasteiger charge is -1.88. The third-order valence-corrected chi connectivity index (χ3v) is 1.58. The molecule has 0 bridgehead atoms. The molecule has 1 atom stereocenters. The molecule has 0 spiro atoms. The average Bonchev–Trinajstić information content (AvgIpc) is 2.48. The quantitative estimate of drug-likeness (QED) is 0.495. The summed E-state index contributed by atoms with van der Waals surface area (Å²) in [5.74, 6) is 0. The van der Waals surface area contributed by atoms with E-state index < -0.39 is 0 Å². The molecule has 0 amide bonds. The zero-order chi connectivity index (χ0) is 8.41. The van der Waals surface area contributed by atoms with E-state index in [2.05, 4.69) is 11.3 Å². The van der Waals surface area contributed by atoms with Crippen LogP contribution in [0.5, 0.6) is 0 Å². The Morgan fingerprint density at radius 1 is 1.30 bits per heavy atom. The van der Waals surface area contributed by atoms with Crippen LogP contribution < -0.4 is 0 Å². The monoisotopic (exact) mass is 161 g/mol. The molecule has 1 rings (SSSR count). The summed E-state index contributed by atoms with van der Waals surface area (Å²) in [5.41, 5.74) is 0. The Balaban J connectivity index is 0. The second-order valence-electron chi connectivity index (χ2n) is 1.44. The van der Waals surface area contributed by atoms with Gasteiger partial charge in [-0.15, -0.1) is 0 Å². The Morgan fingerprint density at radius 2 is 1.80 bits per heavy atom. The Kier molecular flexibility index (Phi) is 14.9. The normalized spacial score (nSPS) is 20.3. The SMILES string of the molecule is CC.CC.CC1CC=NS1. The molecule has 0 aliphatic carbocycles. The van der Waals surface area contributed by atoms with Crippen LogP contribution >= 0.6 is 11.9 Å². The van der Waals surface area contributed by atoms with Crippen LogP contribution in [0.15, 0.2) is 4.40 Å². The molecule has 0 fully saturated rings. The van der Waals surface area contributed by atoms with Crippen LogP contribution in [0.1, 0.15) is 41.0 Å². The fourth-order valence-corrected chi connectivity index (χ4v) is 0.933. The van der Waals surface area contributed by atoms with Gasteiger partial charge in [-0.05, 0) is 18.4 Å². The van der Waals surface area contributed by atoms with E-state index in [-0.39, 0.29) is 0 Å². The van der Waals surface area contributed by atoms with Crippen molar-refractivity contribution in [2.24, 2.45) is 4.40 Å². The summed E-state index contributed by atoms with van der Waals surface area (Å²) < 4.78 is 3.96. The lowest BCUT2D eigenvalue weighted by Crippen LogP contribution is -1.85. The van der Waals surface area contributed by atoms with Crippen molar-refractivity contribution in [2.45, 2.75) is 46.3 Å². The second-order valence-corrected chi connectivity index (χ2v) is 2.67. The van der Waals surface area contributed by atoms with Gasteiger partial charge in [0.2, 0.25) is 0 Å².